The Morgan fingerprint density at radius 2 is 1.89 bits per heavy atom. The Morgan fingerprint density at radius 3 is 2.57 bits per heavy atom. The highest BCUT2D eigenvalue weighted by molar-refractivity contribution is 7.86. The van der Waals surface area contributed by atoms with Crippen molar-refractivity contribution < 1.29 is 17.0 Å². The quantitative estimate of drug-likeness (QED) is 0.222. The van der Waals surface area contributed by atoms with Crippen molar-refractivity contribution in [3.05, 3.63) is 70.4 Å². The van der Waals surface area contributed by atoms with Gasteiger partial charge in [-0.3, -0.25) is 4.79 Å². The Morgan fingerprint density at radius 1 is 1.11 bits per heavy atom. The van der Waals surface area contributed by atoms with Crippen LogP contribution in [-0.4, -0.2) is 24.6 Å². The van der Waals surface area contributed by atoms with Crippen LogP contribution < -0.4 is 10.2 Å². The van der Waals surface area contributed by atoms with E-state index in [1.807, 2.05) is 43.5 Å². The number of aromatic amines is 1. The summed E-state index contributed by atoms with van der Waals surface area (Å²) in [7, 11) is -4.90. The lowest BCUT2D eigenvalue weighted by molar-refractivity contribution is 0.272. The maximum atomic E-state index is 13.9. The molecule has 0 aliphatic heterocycles. The first kappa shape index (κ1) is 24.6. The number of terminal acetylenes is 1. The molecule has 188 valence electrons. The van der Waals surface area contributed by atoms with E-state index in [1.165, 1.54) is 18.2 Å². The molecule has 3 aromatic carbocycles. The second-order valence-corrected chi connectivity index (χ2v) is 10.7. The minimum absolute atomic E-state index is 0.157. The van der Waals surface area contributed by atoms with Crippen molar-refractivity contribution in [2.45, 2.75) is 32.2 Å². The highest BCUT2D eigenvalue weighted by Crippen LogP contribution is 2.37. The van der Waals surface area contributed by atoms with Crippen LogP contribution in [0.2, 0.25) is 0 Å². The largest absolute Gasteiger partial charge is 0.493 e. The molecular weight excluding hydrogens is 491 g/mol. The third-order valence-electron chi connectivity index (χ3n) is 6.39. The van der Waals surface area contributed by atoms with Gasteiger partial charge in [-0.15, -0.1) is 10.3 Å². The number of nitrogens with zero attached hydrogens (tertiary/aromatic N) is 1. The summed E-state index contributed by atoms with van der Waals surface area (Å²) in [5, 5.41) is 1.80. The van der Waals surface area contributed by atoms with E-state index in [9.17, 15) is 17.1 Å². The number of pyridine rings is 1. The van der Waals surface area contributed by atoms with E-state index in [-0.39, 0.29) is 11.3 Å². The highest BCUT2D eigenvalue weighted by atomic mass is 32.3. The second kappa shape index (κ2) is 9.09. The Hall–Kier alpha value is -4.09. The molecule has 0 atom stereocenters. The molecule has 0 amide bonds. The smallest absolute Gasteiger partial charge is 0.332 e. The summed E-state index contributed by atoms with van der Waals surface area (Å²) in [6.45, 7) is 6.90. The third kappa shape index (κ3) is 4.25. The zero-order chi connectivity index (χ0) is 26.5. The Bertz CT molecular complexity index is 1910. The lowest BCUT2D eigenvalue weighted by atomic mass is 10.0. The average molecular weight is 517 g/mol. The van der Waals surface area contributed by atoms with Crippen LogP contribution in [0.25, 0.3) is 44.0 Å². The van der Waals surface area contributed by atoms with E-state index in [2.05, 4.69) is 10.9 Å². The Labute approximate surface area is 213 Å². The third-order valence-corrected chi connectivity index (χ3v) is 7.21. The minimum atomic E-state index is -4.90. The monoisotopic (exact) mass is 516 g/mol. The lowest BCUT2D eigenvalue weighted by Gasteiger charge is -2.17. The number of hydrogen-bond donors (Lipinski definition) is 1. The van der Waals surface area contributed by atoms with Gasteiger partial charge in [0.2, 0.25) is 0 Å². The number of aryl methyl sites for hydroxylation is 1. The second-order valence-electron chi connectivity index (χ2n) is 9.36. The van der Waals surface area contributed by atoms with Crippen LogP contribution in [0, 0.1) is 18.3 Å². The van der Waals surface area contributed by atoms with E-state index in [1.54, 1.807) is 18.2 Å². The van der Waals surface area contributed by atoms with E-state index in [0.29, 0.717) is 57.5 Å². The first-order valence-corrected chi connectivity index (χ1v) is 13.3. The van der Waals surface area contributed by atoms with Crippen molar-refractivity contribution in [2.24, 2.45) is 5.92 Å². The van der Waals surface area contributed by atoms with E-state index < -0.39 is 15.1 Å². The van der Waals surface area contributed by atoms with Crippen LogP contribution in [0.15, 0.2) is 64.3 Å². The number of hydrogen-bond acceptors (Lipinski definition) is 4. The molecular formula is C29H25FN2O4S. The minimum Gasteiger partial charge on any atom is -0.493 e. The normalized spacial score (nSPS) is 12.0. The molecule has 5 rings (SSSR count). The molecule has 37 heavy (non-hydrogen) atoms. The maximum Gasteiger partial charge on any atom is 0.332 e. The number of rotatable bonds is 6. The van der Waals surface area contributed by atoms with E-state index >= 15 is 0 Å². The number of aromatic nitrogens is 2. The van der Waals surface area contributed by atoms with Gasteiger partial charge in [0, 0.05) is 28.6 Å². The number of benzene rings is 3. The zero-order valence-electron chi connectivity index (χ0n) is 20.6. The summed E-state index contributed by atoms with van der Waals surface area (Å²) in [4.78, 5) is 16.8. The fourth-order valence-corrected chi connectivity index (χ4v) is 5.19. The summed E-state index contributed by atoms with van der Waals surface area (Å²) in [5.41, 5.74) is 3.63. The van der Waals surface area contributed by atoms with Gasteiger partial charge < -0.3 is 14.3 Å². The number of H-pyrrole nitrogens is 1. The zero-order valence-corrected chi connectivity index (χ0v) is 21.4. The van der Waals surface area contributed by atoms with Crippen molar-refractivity contribution in [3.8, 4) is 29.2 Å². The van der Waals surface area contributed by atoms with Gasteiger partial charge >= 0.3 is 10.2 Å². The standard InChI is InChI=1S/C29H25FN2O4S/c1-5-18-10-11-21-24(12-18)31-29-27(21)28(33)23-15-26(36-16-17(3)4)22(14-25(23)32(29)6-2)19-8-7-9-20(13-19)37(30,34)35/h1,7-15,17,31H,6,16H2,2-4H3. The van der Waals surface area contributed by atoms with Crippen LogP contribution in [0.4, 0.5) is 3.89 Å². The van der Waals surface area contributed by atoms with Crippen LogP contribution in [0.1, 0.15) is 26.3 Å². The van der Waals surface area contributed by atoms with Crippen LogP contribution in [0.3, 0.4) is 0 Å². The molecule has 2 heterocycles. The van der Waals surface area contributed by atoms with Gasteiger partial charge in [0.1, 0.15) is 11.4 Å². The number of ether oxygens (including phenoxy) is 1. The maximum absolute atomic E-state index is 13.9. The fourth-order valence-electron chi connectivity index (χ4n) is 4.68. The van der Waals surface area contributed by atoms with Crippen molar-refractivity contribution in [1.82, 2.24) is 9.55 Å². The molecule has 6 nitrogen and oxygen atoms in total. The molecule has 0 saturated carbocycles. The molecule has 8 heteroatoms. The Kier molecular flexibility index (Phi) is 6.04. The van der Waals surface area contributed by atoms with Gasteiger partial charge in [0.25, 0.3) is 0 Å². The molecule has 0 fully saturated rings. The summed E-state index contributed by atoms with van der Waals surface area (Å²) in [6.07, 6.45) is 5.57. The first-order chi connectivity index (χ1) is 17.6. The SMILES string of the molecule is C#Cc1ccc2c(c1)[nH]c1c2c(=O)c2cc(OCC(C)C)c(-c3cccc(S(=O)(=O)F)c3)cc2n1CC. The fraction of sp³-hybridized carbons (Fsp3) is 0.207. The molecule has 0 saturated heterocycles. The van der Waals surface area contributed by atoms with Gasteiger partial charge in [-0.25, -0.2) is 0 Å². The van der Waals surface area contributed by atoms with Crippen molar-refractivity contribution in [1.29, 1.82) is 0 Å². The van der Waals surface area contributed by atoms with Gasteiger partial charge in [0.05, 0.1) is 27.8 Å². The van der Waals surface area contributed by atoms with Gasteiger partial charge in [-0.05, 0) is 54.8 Å². The van der Waals surface area contributed by atoms with Crippen molar-refractivity contribution >= 4 is 43.1 Å². The molecule has 0 aliphatic rings. The molecule has 2 aromatic heterocycles. The molecule has 0 bridgehead atoms. The first-order valence-electron chi connectivity index (χ1n) is 11.9. The molecule has 1 N–H and O–H groups in total. The van der Waals surface area contributed by atoms with Gasteiger partial charge in [0.15, 0.2) is 5.43 Å². The van der Waals surface area contributed by atoms with Crippen molar-refractivity contribution in [2.75, 3.05) is 6.61 Å². The predicted molar refractivity (Wildman–Crippen MR) is 145 cm³/mol. The highest BCUT2D eigenvalue weighted by Gasteiger charge is 2.20. The molecule has 0 radical (unpaired) electrons. The lowest BCUT2D eigenvalue weighted by Crippen LogP contribution is -2.12. The van der Waals surface area contributed by atoms with E-state index in [0.717, 1.165) is 10.9 Å². The van der Waals surface area contributed by atoms with Gasteiger partial charge in [-0.1, -0.05) is 38.0 Å². The molecule has 0 unspecified atom stereocenters. The number of halogens is 1. The van der Waals surface area contributed by atoms with Gasteiger partial charge in [-0.2, -0.15) is 8.42 Å². The number of nitrogens with one attached hydrogen (secondary N) is 1. The summed E-state index contributed by atoms with van der Waals surface area (Å²) in [5.74, 6) is 3.24. The Balaban J connectivity index is 1.88. The number of fused-ring (bicyclic) bond motifs is 4. The molecule has 0 spiro atoms. The topological polar surface area (TPSA) is 81.2 Å². The van der Waals surface area contributed by atoms with Crippen LogP contribution in [0.5, 0.6) is 5.75 Å². The average Bonchev–Trinajstić information content (AvgIpc) is 3.25. The summed E-state index contributed by atoms with van der Waals surface area (Å²) >= 11 is 0. The van der Waals surface area contributed by atoms with E-state index in [4.69, 9.17) is 11.2 Å². The predicted octanol–water partition coefficient (Wildman–Crippen LogP) is 6.00. The van der Waals surface area contributed by atoms with Crippen LogP contribution >= 0.6 is 0 Å². The molecule has 5 aromatic rings. The van der Waals surface area contributed by atoms with Crippen LogP contribution in [-0.2, 0) is 16.8 Å². The van der Waals surface area contributed by atoms with Crippen molar-refractivity contribution in [3.63, 3.8) is 0 Å². The summed E-state index contributed by atoms with van der Waals surface area (Å²) in [6, 6.07) is 14.6. The summed E-state index contributed by atoms with van der Waals surface area (Å²) < 4.78 is 45.1. The molecule has 0 aliphatic carbocycles.